The highest BCUT2D eigenvalue weighted by Gasteiger charge is 2.49. The highest BCUT2D eigenvalue weighted by atomic mass is 32.2. The summed E-state index contributed by atoms with van der Waals surface area (Å²) in [6.45, 7) is 28.4. The van der Waals surface area contributed by atoms with Gasteiger partial charge in [-0.05, 0) is 55.3 Å². The number of hydrogen-bond donors (Lipinski definition) is 1. The Morgan fingerprint density at radius 3 is 2.00 bits per heavy atom. The predicted molar refractivity (Wildman–Crippen MR) is 177 cm³/mol. The minimum Gasteiger partial charge on any atom is -0.414 e. The number of methoxy groups -OCH3 is 1. The summed E-state index contributed by atoms with van der Waals surface area (Å²) in [6, 6.07) is 8.48. The summed E-state index contributed by atoms with van der Waals surface area (Å²) in [4.78, 5) is 0.268. The zero-order valence-corrected chi connectivity index (χ0v) is 31.0. The molecule has 0 saturated carbocycles. The quantitative estimate of drug-likeness (QED) is 0.173. The van der Waals surface area contributed by atoms with Crippen LogP contribution in [0.4, 0.5) is 0 Å². The zero-order chi connectivity index (χ0) is 32.3. The van der Waals surface area contributed by atoms with Crippen molar-refractivity contribution < 1.29 is 31.9 Å². The van der Waals surface area contributed by atoms with Crippen molar-refractivity contribution in [3.05, 3.63) is 42.5 Å². The number of aliphatic hydroxyl groups excluding tert-OH is 1. The van der Waals surface area contributed by atoms with Gasteiger partial charge in [0.15, 0.2) is 26.5 Å². The van der Waals surface area contributed by atoms with Crippen molar-refractivity contribution in [1.82, 2.24) is 0 Å². The Bertz CT molecular complexity index is 1120. The number of ether oxygens (including phenoxy) is 2. The third-order valence-corrected chi connectivity index (χ3v) is 20.5. The van der Waals surface area contributed by atoms with Gasteiger partial charge in [0.05, 0.1) is 47.8 Å². The van der Waals surface area contributed by atoms with E-state index in [2.05, 4.69) is 74.3 Å². The van der Waals surface area contributed by atoms with Gasteiger partial charge < -0.3 is 23.4 Å². The van der Waals surface area contributed by atoms with E-state index in [4.69, 9.17) is 18.3 Å². The van der Waals surface area contributed by atoms with E-state index in [1.807, 2.05) is 0 Å². The molecule has 0 amide bonds. The van der Waals surface area contributed by atoms with Gasteiger partial charge in [-0.25, -0.2) is 8.42 Å². The number of rotatable bonds is 14. The first-order chi connectivity index (χ1) is 19.0. The maximum Gasteiger partial charge on any atom is 0.192 e. The molecule has 0 aromatic heterocycles. The molecule has 10 heteroatoms. The van der Waals surface area contributed by atoms with Gasteiger partial charge in [-0.2, -0.15) is 0 Å². The average molecular weight is 643 g/mol. The molecule has 0 spiro atoms. The van der Waals surface area contributed by atoms with E-state index in [1.165, 1.54) is 0 Å². The molecule has 1 aromatic carbocycles. The third-order valence-electron chi connectivity index (χ3n) is 9.63. The summed E-state index contributed by atoms with van der Waals surface area (Å²) in [7, 11) is -6.26. The minimum atomic E-state index is -3.63. The topological polar surface area (TPSA) is 91.3 Å². The Hall–Kier alpha value is -0.856. The first-order valence-electron chi connectivity index (χ1n) is 15.1. The Balaban J connectivity index is 2.43. The van der Waals surface area contributed by atoms with Crippen molar-refractivity contribution in [2.75, 3.05) is 19.5 Å². The summed E-state index contributed by atoms with van der Waals surface area (Å²) in [5, 5.41) is 10.8. The molecule has 6 atom stereocenters. The van der Waals surface area contributed by atoms with Crippen molar-refractivity contribution in [2.45, 2.75) is 133 Å². The highest BCUT2D eigenvalue weighted by Crippen LogP contribution is 2.42. The summed E-state index contributed by atoms with van der Waals surface area (Å²) in [5.41, 5.74) is 0.614. The molecule has 1 fully saturated rings. The maximum atomic E-state index is 13.5. The Kier molecular flexibility index (Phi) is 12.5. The highest BCUT2D eigenvalue weighted by molar-refractivity contribution is 7.91. The SMILES string of the molecule is C=C(C)C(O)C[C@@H]1OC(C[C@@H](CO[Si](C)(C)C(C)(C)C)O[Si](C)(C)C(C)(C)C)[C@H](OC)[C@H]1CS(=O)(=O)c1ccccc1. The summed E-state index contributed by atoms with van der Waals surface area (Å²) in [6.07, 6.45) is -1.76. The lowest BCUT2D eigenvalue weighted by Gasteiger charge is -2.42. The van der Waals surface area contributed by atoms with Gasteiger partial charge >= 0.3 is 0 Å². The van der Waals surface area contributed by atoms with Gasteiger partial charge in [0.2, 0.25) is 0 Å². The third kappa shape index (κ3) is 9.57. The van der Waals surface area contributed by atoms with E-state index in [0.29, 0.717) is 18.6 Å². The molecule has 2 rings (SSSR count). The Morgan fingerprint density at radius 2 is 1.52 bits per heavy atom. The van der Waals surface area contributed by atoms with Crippen molar-refractivity contribution in [3.8, 4) is 0 Å². The lowest BCUT2D eigenvalue weighted by Crippen LogP contribution is -2.49. The lowest BCUT2D eigenvalue weighted by molar-refractivity contribution is -0.0426. The molecule has 1 saturated heterocycles. The largest absolute Gasteiger partial charge is 0.414 e. The molecular weight excluding hydrogens is 585 g/mol. The van der Waals surface area contributed by atoms with Crippen LogP contribution in [-0.4, -0.2) is 80.1 Å². The number of aliphatic hydroxyl groups is 1. The van der Waals surface area contributed by atoms with E-state index in [-0.39, 0.29) is 33.2 Å². The predicted octanol–water partition coefficient (Wildman–Crippen LogP) is 6.99. The molecule has 0 aliphatic carbocycles. The van der Waals surface area contributed by atoms with Gasteiger partial charge in [0, 0.05) is 25.9 Å². The molecular formula is C32H58O7SSi2. The normalized spacial score (nSPS) is 24.0. The first kappa shape index (κ1) is 37.3. The van der Waals surface area contributed by atoms with Crippen molar-refractivity contribution in [3.63, 3.8) is 0 Å². The molecule has 1 aliphatic heterocycles. The van der Waals surface area contributed by atoms with Crippen LogP contribution in [0.15, 0.2) is 47.4 Å². The molecule has 0 bridgehead atoms. The van der Waals surface area contributed by atoms with Crippen molar-refractivity contribution >= 4 is 26.5 Å². The van der Waals surface area contributed by atoms with Crippen LogP contribution < -0.4 is 0 Å². The van der Waals surface area contributed by atoms with E-state index in [1.54, 1.807) is 44.4 Å². The van der Waals surface area contributed by atoms with E-state index < -0.39 is 56.8 Å². The van der Waals surface area contributed by atoms with Crippen LogP contribution >= 0.6 is 0 Å². The van der Waals surface area contributed by atoms with Crippen LogP contribution in [0.1, 0.15) is 61.3 Å². The fourth-order valence-electron chi connectivity index (χ4n) is 4.76. The monoisotopic (exact) mass is 642 g/mol. The first-order valence-corrected chi connectivity index (χ1v) is 22.6. The molecule has 7 nitrogen and oxygen atoms in total. The maximum absolute atomic E-state index is 13.5. The lowest BCUT2D eigenvalue weighted by atomic mass is 9.92. The Morgan fingerprint density at radius 1 is 0.976 bits per heavy atom. The molecule has 1 heterocycles. The van der Waals surface area contributed by atoms with Gasteiger partial charge in [0.25, 0.3) is 0 Å². The summed E-state index contributed by atoms with van der Waals surface area (Å²) < 4.78 is 53.3. The molecule has 2 unspecified atom stereocenters. The standard InChI is InChI=1S/C32H58O7SSi2/c1-23(2)27(33)20-28-26(22-40(34,35)25-17-15-14-16-18-25)30(36-9)29(38-28)19-24(39-42(12,13)32(6,7)8)21-37-41(10,11)31(3,4)5/h14-18,24,26-30,33H,1,19-22H2,2-13H3/t24-,26-,27?,28-,29?,30+/m0/s1. The molecule has 1 aromatic rings. The molecule has 1 N–H and O–H groups in total. The average Bonchev–Trinajstić information content (AvgIpc) is 3.15. The fourth-order valence-corrected chi connectivity index (χ4v) is 8.82. The Labute approximate surface area is 258 Å². The van der Waals surface area contributed by atoms with Crippen LogP contribution in [0.2, 0.25) is 36.3 Å². The van der Waals surface area contributed by atoms with E-state index >= 15 is 0 Å². The van der Waals surface area contributed by atoms with Gasteiger partial charge in [0.1, 0.15) is 0 Å². The van der Waals surface area contributed by atoms with Crippen LogP contribution in [-0.2, 0) is 28.2 Å². The number of hydrogen-bond acceptors (Lipinski definition) is 7. The molecule has 1 aliphatic rings. The van der Waals surface area contributed by atoms with Crippen LogP contribution in [0, 0.1) is 5.92 Å². The van der Waals surface area contributed by atoms with Gasteiger partial charge in [-0.3, -0.25) is 0 Å². The number of sulfone groups is 1. The second-order valence-corrected chi connectivity index (χ2v) is 26.7. The second kappa shape index (κ2) is 14.1. The molecule has 242 valence electrons. The van der Waals surface area contributed by atoms with Crippen molar-refractivity contribution in [1.29, 1.82) is 0 Å². The smallest absolute Gasteiger partial charge is 0.192 e. The fraction of sp³-hybridized carbons (Fsp3) is 0.750. The minimum absolute atomic E-state index is 0.000155. The molecule has 0 radical (unpaired) electrons. The van der Waals surface area contributed by atoms with Crippen LogP contribution in [0.25, 0.3) is 0 Å². The van der Waals surface area contributed by atoms with E-state index in [9.17, 15) is 13.5 Å². The van der Waals surface area contributed by atoms with Crippen molar-refractivity contribution in [2.24, 2.45) is 5.92 Å². The van der Waals surface area contributed by atoms with Crippen LogP contribution in [0.5, 0.6) is 0 Å². The van der Waals surface area contributed by atoms with Gasteiger partial charge in [-0.1, -0.05) is 71.9 Å². The van der Waals surface area contributed by atoms with Crippen LogP contribution in [0.3, 0.4) is 0 Å². The zero-order valence-electron chi connectivity index (χ0n) is 28.2. The van der Waals surface area contributed by atoms with Gasteiger partial charge in [-0.15, -0.1) is 0 Å². The summed E-state index contributed by atoms with van der Waals surface area (Å²) >= 11 is 0. The summed E-state index contributed by atoms with van der Waals surface area (Å²) in [5.74, 6) is -0.623. The second-order valence-electron chi connectivity index (χ2n) is 15.1. The van der Waals surface area contributed by atoms with E-state index in [0.717, 1.165) is 0 Å². The molecule has 42 heavy (non-hydrogen) atoms. The number of benzene rings is 1.